The third-order valence-electron chi connectivity index (χ3n) is 3.77. The first-order valence-corrected chi connectivity index (χ1v) is 7.82. The number of pyridine rings is 1. The van der Waals surface area contributed by atoms with E-state index in [1.54, 1.807) is 12.3 Å². The maximum atomic E-state index is 11.8. The van der Waals surface area contributed by atoms with Crippen molar-refractivity contribution in [2.75, 3.05) is 25.0 Å². The van der Waals surface area contributed by atoms with Gasteiger partial charge in [-0.15, -0.1) is 24.0 Å². The highest BCUT2D eigenvalue weighted by molar-refractivity contribution is 14.0. The number of rotatable bonds is 4. The molecule has 23 heavy (non-hydrogen) atoms. The van der Waals surface area contributed by atoms with Crippen LogP contribution in [0.25, 0.3) is 0 Å². The number of nitrogens with zero attached hydrogens (tertiary/aromatic N) is 3. The van der Waals surface area contributed by atoms with E-state index >= 15 is 0 Å². The van der Waals surface area contributed by atoms with Crippen LogP contribution < -0.4 is 11.1 Å². The van der Waals surface area contributed by atoms with Crippen molar-refractivity contribution in [3.05, 3.63) is 23.9 Å². The molecule has 0 bridgehead atoms. The van der Waals surface area contributed by atoms with Crippen LogP contribution >= 0.6 is 24.0 Å². The topological polar surface area (TPSA) is 83.6 Å². The van der Waals surface area contributed by atoms with Crippen LogP contribution in [0, 0.1) is 12.8 Å². The number of aliphatic imine (C=N–C) groups is 1. The highest BCUT2D eigenvalue weighted by Gasteiger charge is 2.17. The van der Waals surface area contributed by atoms with Gasteiger partial charge in [-0.3, -0.25) is 9.79 Å². The molecule has 128 valence electrons. The molecule has 0 spiro atoms. The molecule has 1 aliphatic rings. The van der Waals surface area contributed by atoms with Gasteiger partial charge >= 0.3 is 0 Å². The molecule has 1 unspecified atom stereocenters. The molecule has 1 saturated heterocycles. The van der Waals surface area contributed by atoms with E-state index in [2.05, 4.69) is 27.1 Å². The van der Waals surface area contributed by atoms with E-state index < -0.39 is 0 Å². The van der Waals surface area contributed by atoms with Crippen LogP contribution in [0.15, 0.2) is 23.3 Å². The summed E-state index contributed by atoms with van der Waals surface area (Å²) < 4.78 is 0. The fraction of sp³-hybridized carbons (Fsp3) is 0.562. The lowest BCUT2D eigenvalue weighted by Crippen LogP contribution is -2.43. The number of nitrogens with one attached hydrogen (secondary N) is 1. The maximum Gasteiger partial charge on any atom is 0.227 e. The molecule has 0 aromatic carbocycles. The van der Waals surface area contributed by atoms with Gasteiger partial charge in [-0.05, 0) is 37.3 Å². The van der Waals surface area contributed by atoms with Crippen molar-refractivity contribution in [2.45, 2.75) is 33.1 Å². The number of hydrogen-bond acceptors (Lipinski definition) is 3. The lowest BCUT2D eigenvalue weighted by atomic mass is 10.0. The van der Waals surface area contributed by atoms with Crippen molar-refractivity contribution < 1.29 is 4.79 Å². The Labute approximate surface area is 155 Å². The predicted octanol–water partition coefficient (Wildman–Crippen LogP) is 2.38. The van der Waals surface area contributed by atoms with Gasteiger partial charge in [-0.2, -0.15) is 0 Å². The molecule has 1 amide bonds. The molecule has 7 heteroatoms. The van der Waals surface area contributed by atoms with Crippen molar-refractivity contribution in [3.63, 3.8) is 0 Å². The number of aryl methyl sites for hydroxylation is 1. The number of hydrogen-bond donors (Lipinski definition) is 2. The van der Waals surface area contributed by atoms with Crippen LogP contribution in [0.5, 0.6) is 0 Å². The summed E-state index contributed by atoms with van der Waals surface area (Å²) in [4.78, 5) is 22.4. The molecule has 0 radical (unpaired) electrons. The molecule has 0 aliphatic carbocycles. The average molecular weight is 431 g/mol. The zero-order valence-corrected chi connectivity index (χ0v) is 16.1. The van der Waals surface area contributed by atoms with Crippen molar-refractivity contribution >= 4 is 41.7 Å². The van der Waals surface area contributed by atoms with E-state index in [9.17, 15) is 4.79 Å². The van der Waals surface area contributed by atoms with Gasteiger partial charge in [-0.1, -0.05) is 13.0 Å². The van der Waals surface area contributed by atoms with Gasteiger partial charge in [0, 0.05) is 25.7 Å². The van der Waals surface area contributed by atoms with E-state index in [0.29, 0.717) is 30.7 Å². The second-order valence-electron chi connectivity index (χ2n) is 5.95. The van der Waals surface area contributed by atoms with Gasteiger partial charge < -0.3 is 16.0 Å². The van der Waals surface area contributed by atoms with Crippen LogP contribution in [0.3, 0.4) is 0 Å². The highest BCUT2D eigenvalue weighted by atomic mass is 127. The normalized spacial score (nSPS) is 18.3. The third-order valence-corrected chi connectivity index (χ3v) is 3.77. The molecule has 2 heterocycles. The summed E-state index contributed by atoms with van der Waals surface area (Å²) >= 11 is 0. The number of piperidine rings is 1. The van der Waals surface area contributed by atoms with Gasteiger partial charge in [0.25, 0.3) is 0 Å². The van der Waals surface area contributed by atoms with E-state index in [0.717, 1.165) is 25.1 Å². The molecular weight excluding hydrogens is 405 g/mol. The highest BCUT2D eigenvalue weighted by Crippen LogP contribution is 2.14. The Morgan fingerprint density at radius 2 is 2.30 bits per heavy atom. The number of nitrogens with two attached hydrogens (primary N) is 1. The van der Waals surface area contributed by atoms with Crippen LogP contribution in [-0.2, 0) is 4.79 Å². The Kier molecular flexibility index (Phi) is 8.29. The number of carbonyl (C=O) groups excluding carboxylic acids is 1. The molecule has 1 fully saturated rings. The summed E-state index contributed by atoms with van der Waals surface area (Å²) in [6.45, 7) is 6.49. The first-order valence-electron chi connectivity index (χ1n) is 7.82. The third kappa shape index (κ3) is 6.72. The number of carbonyl (C=O) groups is 1. The SMILES string of the molecule is Cc1ccc(NC(=O)CCN=C(N)N2CCCC(C)C2)nc1.I. The van der Waals surface area contributed by atoms with Gasteiger partial charge in [0.15, 0.2) is 5.96 Å². The molecule has 1 aliphatic heterocycles. The Balaban J connectivity index is 0.00000264. The molecule has 1 atom stereocenters. The van der Waals surface area contributed by atoms with Gasteiger partial charge in [0.05, 0.1) is 6.54 Å². The summed E-state index contributed by atoms with van der Waals surface area (Å²) in [5.41, 5.74) is 7.06. The number of guanidine groups is 1. The first kappa shape index (κ1) is 19.7. The fourth-order valence-corrected chi connectivity index (χ4v) is 2.52. The molecule has 0 saturated carbocycles. The maximum absolute atomic E-state index is 11.8. The number of aromatic nitrogens is 1. The number of amides is 1. The first-order chi connectivity index (χ1) is 10.5. The zero-order valence-electron chi connectivity index (χ0n) is 13.8. The minimum absolute atomic E-state index is 0. The second-order valence-corrected chi connectivity index (χ2v) is 5.95. The minimum Gasteiger partial charge on any atom is -0.370 e. The van der Waals surface area contributed by atoms with Crippen molar-refractivity contribution in [1.29, 1.82) is 0 Å². The summed E-state index contributed by atoms with van der Waals surface area (Å²) in [7, 11) is 0. The standard InChI is InChI=1S/C16H25N5O.HI/c1-12-5-6-14(19-10-12)20-15(22)7-8-18-16(17)21-9-3-4-13(2)11-21;/h5-6,10,13H,3-4,7-9,11H2,1-2H3,(H2,17,18)(H,19,20,22);1H. The van der Waals surface area contributed by atoms with E-state index in [1.807, 2.05) is 13.0 Å². The van der Waals surface area contributed by atoms with Crippen LogP contribution in [0.1, 0.15) is 31.7 Å². The summed E-state index contributed by atoms with van der Waals surface area (Å²) in [5, 5.41) is 2.76. The van der Waals surface area contributed by atoms with E-state index in [4.69, 9.17) is 5.73 Å². The fourth-order valence-electron chi connectivity index (χ4n) is 2.52. The molecule has 2 rings (SSSR count). The molecule has 1 aromatic rings. The second kappa shape index (κ2) is 9.69. The van der Waals surface area contributed by atoms with Gasteiger partial charge in [-0.25, -0.2) is 4.98 Å². The average Bonchev–Trinajstić information content (AvgIpc) is 2.49. The van der Waals surface area contributed by atoms with Crippen LogP contribution in [-0.4, -0.2) is 41.4 Å². The van der Waals surface area contributed by atoms with Gasteiger partial charge in [0.1, 0.15) is 5.82 Å². The van der Waals surface area contributed by atoms with Gasteiger partial charge in [0.2, 0.25) is 5.91 Å². The Hall–Kier alpha value is -1.38. The Bertz CT molecular complexity index is 532. The summed E-state index contributed by atoms with van der Waals surface area (Å²) in [6, 6.07) is 3.70. The Morgan fingerprint density at radius 1 is 1.52 bits per heavy atom. The number of halogens is 1. The van der Waals surface area contributed by atoms with E-state index in [1.165, 1.54) is 6.42 Å². The van der Waals surface area contributed by atoms with Crippen molar-refractivity contribution in [3.8, 4) is 0 Å². The monoisotopic (exact) mass is 431 g/mol. The summed E-state index contributed by atoms with van der Waals surface area (Å²) in [6.07, 6.45) is 4.43. The quantitative estimate of drug-likeness (QED) is 0.436. The smallest absolute Gasteiger partial charge is 0.227 e. The molecular formula is C16H26IN5O. The van der Waals surface area contributed by atoms with Crippen molar-refractivity contribution in [1.82, 2.24) is 9.88 Å². The zero-order chi connectivity index (χ0) is 15.9. The molecule has 1 aromatic heterocycles. The number of likely N-dealkylation sites (tertiary alicyclic amines) is 1. The van der Waals surface area contributed by atoms with E-state index in [-0.39, 0.29) is 29.9 Å². The predicted molar refractivity (Wildman–Crippen MR) is 104 cm³/mol. The van der Waals surface area contributed by atoms with Crippen molar-refractivity contribution in [2.24, 2.45) is 16.6 Å². The Morgan fingerprint density at radius 3 is 2.96 bits per heavy atom. The molecule has 6 nitrogen and oxygen atoms in total. The largest absolute Gasteiger partial charge is 0.370 e. The number of anilines is 1. The minimum atomic E-state index is -0.0973. The lowest BCUT2D eigenvalue weighted by Gasteiger charge is -2.31. The van der Waals surface area contributed by atoms with Crippen LogP contribution in [0.2, 0.25) is 0 Å². The van der Waals surface area contributed by atoms with Crippen LogP contribution in [0.4, 0.5) is 5.82 Å². The summed E-state index contributed by atoms with van der Waals surface area (Å²) in [5.74, 6) is 1.67. The molecule has 3 N–H and O–H groups in total. The lowest BCUT2D eigenvalue weighted by molar-refractivity contribution is -0.116.